The van der Waals surface area contributed by atoms with Gasteiger partial charge in [-0.1, -0.05) is 27.7 Å². The minimum atomic E-state index is -4.98. The van der Waals surface area contributed by atoms with Gasteiger partial charge in [0, 0.05) is 0 Å². The lowest BCUT2D eigenvalue weighted by Gasteiger charge is -2.07. The molecule has 0 aliphatic carbocycles. The highest BCUT2D eigenvalue weighted by atomic mass is 31.2. The molecule has 0 aliphatic heterocycles. The summed E-state index contributed by atoms with van der Waals surface area (Å²) in [4.78, 5) is 15.5. The fourth-order valence-corrected chi connectivity index (χ4v) is 0.972. The van der Waals surface area contributed by atoms with Gasteiger partial charge in [-0.05, 0) is 26.2 Å². The Hall–Kier alpha value is -0.180. The molecule has 0 aromatic rings. The SMILES string of the molecule is CCNCC.CCNCC.O=P(O)(O)OCC(F)(F)F. The van der Waals surface area contributed by atoms with Crippen LogP contribution in [0.5, 0.6) is 0 Å². The Bertz CT molecular complexity index is 227. The maximum absolute atomic E-state index is 11.1. The molecular weight excluding hydrogens is 300 g/mol. The number of alkyl halides is 3. The van der Waals surface area contributed by atoms with E-state index in [4.69, 9.17) is 9.79 Å². The van der Waals surface area contributed by atoms with Gasteiger partial charge in [-0.3, -0.25) is 4.52 Å². The third kappa shape index (κ3) is 43.1. The van der Waals surface area contributed by atoms with Crippen molar-refractivity contribution in [3.8, 4) is 0 Å². The average Bonchev–Trinajstić information content (AvgIpc) is 2.29. The van der Waals surface area contributed by atoms with Gasteiger partial charge in [0.15, 0.2) is 6.61 Å². The monoisotopic (exact) mass is 326 g/mol. The number of phosphoric acid groups is 1. The zero-order valence-corrected chi connectivity index (χ0v) is 13.2. The first-order valence-corrected chi connectivity index (χ1v) is 7.75. The molecule has 0 aliphatic rings. The second kappa shape index (κ2) is 15.2. The molecule has 0 heterocycles. The molecule has 0 unspecified atom stereocenters. The second-order valence-electron chi connectivity index (χ2n) is 3.29. The molecule has 0 rings (SSSR count). The predicted octanol–water partition coefficient (Wildman–Crippen LogP) is 1.89. The first-order chi connectivity index (χ1) is 9.04. The van der Waals surface area contributed by atoms with E-state index in [2.05, 4.69) is 42.9 Å². The summed E-state index contributed by atoms with van der Waals surface area (Å²) in [5.41, 5.74) is 0. The highest BCUT2D eigenvalue weighted by Gasteiger charge is 2.31. The first-order valence-electron chi connectivity index (χ1n) is 6.22. The topological polar surface area (TPSA) is 90.8 Å². The van der Waals surface area contributed by atoms with Crippen molar-refractivity contribution in [3.05, 3.63) is 0 Å². The first kappa shape index (κ1) is 24.8. The Balaban J connectivity index is -0.000000244. The highest BCUT2D eigenvalue weighted by Crippen LogP contribution is 2.37. The van der Waals surface area contributed by atoms with Gasteiger partial charge in [0.2, 0.25) is 0 Å². The quantitative estimate of drug-likeness (QED) is 0.557. The highest BCUT2D eigenvalue weighted by molar-refractivity contribution is 7.46. The van der Waals surface area contributed by atoms with Gasteiger partial charge in [0.25, 0.3) is 0 Å². The molecule has 0 atom stereocenters. The zero-order valence-electron chi connectivity index (χ0n) is 12.3. The molecule has 20 heavy (non-hydrogen) atoms. The molecule has 0 amide bonds. The van der Waals surface area contributed by atoms with E-state index < -0.39 is 20.6 Å². The summed E-state index contributed by atoms with van der Waals surface area (Å²) < 4.78 is 46.1. The van der Waals surface area contributed by atoms with Crippen LogP contribution in [0, 0.1) is 0 Å². The number of phosphoric ester groups is 1. The summed E-state index contributed by atoms with van der Waals surface area (Å²) in [7, 11) is -4.98. The van der Waals surface area contributed by atoms with Crippen LogP contribution in [0.15, 0.2) is 0 Å². The van der Waals surface area contributed by atoms with Gasteiger partial charge >= 0.3 is 14.0 Å². The van der Waals surface area contributed by atoms with Crippen molar-refractivity contribution in [1.82, 2.24) is 10.6 Å². The van der Waals surface area contributed by atoms with Crippen molar-refractivity contribution in [3.63, 3.8) is 0 Å². The minimum Gasteiger partial charge on any atom is -0.317 e. The third-order valence-electron chi connectivity index (χ3n) is 1.40. The van der Waals surface area contributed by atoms with E-state index in [1.807, 2.05) is 0 Å². The van der Waals surface area contributed by atoms with Gasteiger partial charge in [0.05, 0.1) is 0 Å². The van der Waals surface area contributed by atoms with Crippen molar-refractivity contribution in [2.45, 2.75) is 33.9 Å². The van der Waals surface area contributed by atoms with Crippen LogP contribution in [0.2, 0.25) is 0 Å². The molecule has 0 saturated carbocycles. The predicted molar refractivity (Wildman–Crippen MR) is 72.5 cm³/mol. The average molecular weight is 326 g/mol. The number of halogens is 3. The van der Waals surface area contributed by atoms with Gasteiger partial charge < -0.3 is 20.4 Å². The molecule has 0 spiro atoms. The Morgan fingerprint density at radius 2 is 1.25 bits per heavy atom. The Morgan fingerprint density at radius 3 is 1.30 bits per heavy atom. The van der Waals surface area contributed by atoms with Crippen LogP contribution in [-0.2, 0) is 9.09 Å². The Labute approximate surface area is 118 Å². The minimum absolute atomic E-state index is 1.09. The molecule has 6 nitrogen and oxygen atoms in total. The zero-order chi connectivity index (χ0) is 16.7. The van der Waals surface area contributed by atoms with E-state index in [0.717, 1.165) is 26.2 Å². The van der Waals surface area contributed by atoms with Crippen LogP contribution < -0.4 is 10.6 Å². The largest absolute Gasteiger partial charge is 0.469 e. The van der Waals surface area contributed by atoms with Crippen LogP contribution in [0.1, 0.15) is 27.7 Å². The van der Waals surface area contributed by atoms with E-state index in [9.17, 15) is 17.7 Å². The van der Waals surface area contributed by atoms with E-state index in [1.165, 1.54) is 0 Å². The lowest BCUT2D eigenvalue weighted by molar-refractivity contribution is -0.156. The summed E-state index contributed by atoms with van der Waals surface area (Å²) in [5.74, 6) is 0. The number of hydrogen-bond acceptors (Lipinski definition) is 4. The molecule has 0 bridgehead atoms. The van der Waals surface area contributed by atoms with Crippen molar-refractivity contribution < 1.29 is 32.0 Å². The number of rotatable bonds is 6. The molecule has 0 radical (unpaired) electrons. The normalized spacial score (nSPS) is 11.1. The van der Waals surface area contributed by atoms with Gasteiger partial charge in [-0.2, -0.15) is 13.2 Å². The molecule has 10 heteroatoms. The fourth-order valence-electron chi connectivity index (χ4n) is 0.657. The third-order valence-corrected chi connectivity index (χ3v) is 1.86. The number of hydrogen-bond donors (Lipinski definition) is 4. The molecule has 0 saturated heterocycles. The van der Waals surface area contributed by atoms with Crippen LogP contribution in [0.3, 0.4) is 0 Å². The maximum Gasteiger partial charge on any atom is 0.469 e. The van der Waals surface area contributed by atoms with Gasteiger partial charge in [-0.25, -0.2) is 4.57 Å². The lowest BCUT2D eigenvalue weighted by atomic mass is 10.7. The lowest BCUT2D eigenvalue weighted by Crippen LogP contribution is -2.15. The summed E-state index contributed by atoms with van der Waals surface area (Å²) >= 11 is 0. The van der Waals surface area contributed by atoms with Crippen LogP contribution >= 0.6 is 7.82 Å². The standard InChI is InChI=1S/2C4H11N.C2H4F3O4P/c2*1-3-5-4-2;3-2(4,5)1-9-10(6,7)8/h2*5H,3-4H2,1-2H3;1H2,(H2,6,7,8). The van der Waals surface area contributed by atoms with Crippen molar-refractivity contribution in [2.75, 3.05) is 32.8 Å². The summed E-state index contributed by atoms with van der Waals surface area (Å²) in [5, 5.41) is 6.22. The maximum atomic E-state index is 11.1. The van der Waals surface area contributed by atoms with Crippen molar-refractivity contribution in [1.29, 1.82) is 0 Å². The smallest absolute Gasteiger partial charge is 0.317 e. The molecule has 0 aromatic heterocycles. The van der Waals surface area contributed by atoms with Crippen LogP contribution in [0.25, 0.3) is 0 Å². The van der Waals surface area contributed by atoms with E-state index in [0.29, 0.717) is 0 Å². The van der Waals surface area contributed by atoms with Gasteiger partial charge in [0.1, 0.15) is 0 Å². The molecule has 0 fully saturated rings. The van der Waals surface area contributed by atoms with Crippen molar-refractivity contribution in [2.24, 2.45) is 0 Å². The Morgan fingerprint density at radius 1 is 0.950 bits per heavy atom. The summed E-state index contributed by atoms with van der Waals surface area (Å²) in [6.07, 6.45) is -4.71. The van der Waals surface area contributed by atoms with E-state index in [-0.39, 0.29) is 0 Å². The van der Waals surface area contributed by atoms with E-state index in [1.54, 1.807) is 0 Å². The van der Waals surface area contributed by atoms with Gasteiger partial charge in [-0.15, -0.1) is 0 Å². The Kier molecular flexibility index (Phi) is 18.9. The molecule has 126 valence electrons. The fraction of sp³-hybridized carbons (Fsp3) is 1.00. The molecule has 0 aromatic carbocycles. The van der Waals surface area contributed by atoms with Crippen LogP contribution in [-0.4, -0.2) is 48.7 Å². The summed E-state index contributed by atoms with van der Waals surface area (Å²) in [6, 6.07) is 0. The van der Waals surface area contributed by atoms with Crippen LogP contribution in [0.4, 0.5) is 13.2 Å². The summed E-state index contributed by atoms with van der Waals surface area (Å²) in [6.45, 7) is 10.8. The molecule has 4 N–H and O–H groups in total. The second-order valence-corrected chi connectivity index (χ2v) is 4.53. The van der Waals surface area contributed by atoms with Crippen molar-refractivity contribution >= 4 is 7.82 Å². The van der Waals surface area contributed by atoms with E-state index >= 15 is 0 Å². The molecular formula is C10H26F3N2O4P. The number of nitrogens with one attached hydrogen (secondary N) is 2.